The van der Waals surface area contributed by atoms with E-state index in [0.717, 1.165) is 23.6 Å². The average Bonchev–Trinajstić information content (AvgIpc) is 3.59. The molecule has 4 rings (SSSR count). The normalized spacial score (nSPS) is 19.3. The van der Waals surface area contributed by atoms with Crippen LogP contribution in [-0.4, -0.2) is 73.0 Å². The number of ether oxygens (including phenoxy) is 1. The van der Waals surface area contributed by atoms with Gasteiger partial charge in [-0.2, -0.15) is 0 Å². The third kappa shape index (κ3) is 6.09. The highest BCUT2D eigenvalue weighted by atomic mass is 32.2. The maximum Gasteiger partial charge on any atom is 0.410 e. The van der Waals surface area contributed by atoms with Crippen LogP contribution in [0.25, 0.3) is 10.8 Å². The van der Waals surface area contributed by atoms with E-state index in [4.69, 9.17) is 4.74 Å². The molecule has 2 aromatic rings. The number of sulfone groups is 1. The van der Waals surface area contributed by atoms with Gasteiger partial charge in [-0.15, -0.1) is 0 Å². The monoisotopic (exact) mass is 486 g/mol. The highest BCUT2D eigenvalue weighted by molar-refractivity contribution is 7.91. The van der Waals surface area contributed by atoms with Gasteiger partial charge in [0, 0.05) is 25.2 Å². The first-order valence-electron chi connectivity index (χ1n) is 12.0. The number of carbonyl (C=O) groups excluding carboxylic acids is 2. The van der Waals surface area contributed by atoms with Crippen molar-refractivity contribution in [3.05, 3.63) is 48.0 Å². The molecule has 0 unspecified atom stereocenters. The van der Waals surface area contributed by atoms with E-state index in [1.807, 2.05) is 42.5 Å². The van der Waals surface area contributed by atoms with E-state index in [2.05, 4.69) is 0 Å². The number of fused-ring (bicyclic) bond motifs is 1. The Bertz CT molecular complexity index is 1160. The number of piperazine rings is 1. The summed E-state index contributed by atoms with van der Waals surface area (Å²) in [5, 5.41) is 1.87. The summed E-state index contributed by atoms with van der Waals surface area (Å²) in [7, 11) is -3.20. The molecule has 1 saturated carbocycles. The van der Waals surface area contributed by atoms with Crippen molar-refractivity contribution in [3.8, 4) is 0 Å². The van der Waals surface area contributed by atoms with Crippen LogP contribution in [-0.2, 0) is 14.6 Å². The van der Waals surface area contributed by atoms with Crippen LogP contribution in [0.4, 0.5) is 4.79 Å². The zero-order valence-corrected chi connectivity index (χ0v) is 21.0. The maximum absolute atomic E-state index is 13.5. The molecule has 0 bridgehead atoms. The van der Waals surface area contributed by atoms with Crippen LogP contribution in [0.1, 0.15) is 50.4 Å². The lowest BCUT2D eigenvalue weighted by Crippen LogP contribution is -2.57. The van der Waals surface area contributed by atoms with E-state index in [1.54, 1.807) is 30.6 Å². The van der Waals surface area contributed by atoms with Gasteiger partial charge in [0.25, 0.3) is 5.91 Å². The number of nitrogens with zero attached hydrogens (tertiary/aromatic N) is 2. The third-order valence-electron chi connectivity index (χ3n) is 6.37. The van der Waals surface area contributed by atoms with Gasteiger partial charge < -0.3 is 14.5 Å². The van der Waals surface area contributed by atoms with Crippen molar-refractivity contribution in [3.63, 3.8) is 0 Å². The molecule has 8 heteroatoms. The third-order valence-corrected chi connectivity index (χ3v) is 8.20. The van der Waals surface area contributed by atoms with Gasteiger partial charge in [-0.25, -0.2) is 13.2 Å². The predicted octanol–water partition coefficient (Wildman–Crippen LogP) is 4.12. The molecule has 1 aliphatic heterocycles. The first-order chi connectivity index (χ1) is 16.0. The largest absolute Gasteiger partial charge is 0.444 e. The molecule has 184 valence electrons. The molecule has 2 fully saturated rings. The van der Waals surface area contributed by atoms with Crippen LogP contribution in [0.3, 0.4) is 0 Å². The molecular weight excluding hydrogens is 452 g/mol. The smallest absolute Gasteiger partial charge is 0.410 e. The van der Waals surface area contributed by atoms with Gasteiger partial charge in [0.15, 0.2) is 9.84 Å². The molecule has 0 N–H and O–H groups in total. The first kappa shape index (κ1) is 24.5. The lowest BCUT2D eigenvalue weighted by atomic mass is 10.0. The summed E-state index contributed by atoms with van der Waals surface area (Å²) in [6.07, 6.45) is 1.77. The number of carbonyl (C=O) groups is 2. The second-order valence-electron chi connectivity index (χ2n) is 10.5. The minimum atomic E-state index is -3.20. The van der Waals surface area contributed by atoms with Crippen molar-refractivity contribution in [2.45, 2.75) is 51.7 Å². The van der Waals surface area contributed by atoms with Gasteiger partial charge in [-0.05, 0) is 62.8 Å². The van der Waals surface area contributed by atoms with Gasteiger partial charge in [0.1, 0.15) is 5.60 Å². The highest BCUT2D eigenvalue weighted by Gasteiger charge is 2.37. The second kappa shape index (κ2) is 9.56. The predicted molar refractivity (Wildman–Crippen MR) is 133 cm³/mol. The summed E-state index contributed by atoms with van der Waals surface area (Å²) in [6.45, 7) is 6.37. The van der Waals surface area contributed by atoms with Crippen molar-refractivity contribution in [1.29, 1.82) is 0 Å². The highest BCUT2D eigenvalue weighted by Crippen LogP contribution is 2.31. The molecule has 2 amide bonds. The fourth-order valence-electron chi connectivity index (χ4n) is 4.47. The fraction of sp³-hybridized carbons (Fsp3) is 0.538. The number of amides is 2. The van der Waals surface area contributed by atoms with Crippen LogP contribution in [0.5, 0.6) is 0 Å². The Kier molecular flexibility index (Phi) is 6.90. The SMILES string of the molecule is CC(C)(C)OC(=O)N1CCN(C(=O)c2cccc3ccccc23)C[C@@H]1CCS(=O)(=O)CC1CC1. The topological polar surface area (TPSA) is 84.0 Å². The second-order valence-corrected chi connectivity index (χ2v) is 12.7. The Morgan fingerprint density at radius 3 is 2.44 bits per heavy atom. The molecule has 7 nitrogen and oxygen atoms in total. The van der Waals surface area contributed by atoms with Crippen molar-refractivity contribution >= 4 is 32.6 Å². The summed E-state index contributed by atoms with van der Waals surface area (Å²) in [6, 6.07) is 13.0. The number of hydrogen-bond donors (Lipinski definition) is 0. The van der Waals surface area contributed by atoms with Crippen LogP contribution in [0, 0.1) is 5.92 Å². The molecule has 1 saturated heterocycles. The van der Waals surface area contributed by atoms with E-state index < -0.39 is 27.6 Å². The Hall–Kier alpha value is -2.61. The lowest BCUT2D eigenvalue weighted by molar-refractivity contribution is -0.00107. The maximum atomic E-state index is 13.5. The summed E-state index contributed by atoms with van der Waals surface area (Å²) < 4.78 is 30.8. The van der Waals surface area contributed by atoms with Crippen LogP contribution >= 0.6 is 0 Å². The van der Waals surface area contributed by atoms with E-state index in [1.165, 1.54) is 0 Å². The number of benzene rings is 2. The van der Waals surface area contributed by atoms with Crippen molar-refractivity contribution in [2.24, 2.45) is 5.92 Å². The van der Waals surface area contributed by atoms with Gasteiger partial charge in [-0.1, -0.05) is 36.4 Å². The zero-order chi connectivity index (χ0) is 24.5. The summed E-state index contributed by atoms with van der Waals surface area (Å²) in [5.74, 6) is 0.392. The molecule has 0 aromatic heterocycles. The molecule has 0 spiro atoms. The van der Waals surface area contributed by atoms with Gasteiger partial charge in [-0.3, -0.25) is 4.79 Å². The molecule has 1 aliphatic carbocycles. The lowest BCUT2D eigenvalue weighted by Gasteiger charge is -2.42. The van der Waals surface area contributed by atoms with Crippen molar-refractivity contribution in [2.75, 3.05) is 31.1 Å². The Morgan fingerprint density at radius 1 is 1.03 bits per heavy atom. The average molecular weight is 487 g/mol. The van der Waals surface area contributed by atoms with Gasteiger partial charge in [0.2, 0.25) is 0 Å². The Labute approximate surface area is 202 Å². The first-order valence-corrected chi connectivity index (χ1v) is 13.8. The molecule has 2 aliphatic rings. The Balaban J connectivity index is 1.53. The standard InChI is InChI=1S/C26H34N2O5S/c1-26(2,3)33-25(30)28-15-14-27(17-21(28)13-16-34(31,32)18-19-11-12-19)24(29)23-10-6-8-20-7-4-5-9-22(20)23/h4-10,19,21H,11-18H2,1-3H3/t21-/m0/s1. The summed E-state index contributed by atoms with van der Waals surface area (Å²) >= 11 is 0. The summed E-state index contributed by atoms with van der Waals surface area (Å²) in [5.41, 5.74) is -0.0424. The molecule has 34 heavy (non-hydrogen) atoms. The van der Waals surface area contributed by atoms with Crippen molar-refractivity contribution in [1.82, 2.24) is 9.80 Å². The molecule has 1 atom stereocenters. The number of hydrogen-bond acceptors (Lipinski definition) is 5. The van der Waals surface area contributed by atoms with E-state index in [9.17, 15) is 18.0 Å². The van der Waals surface area contributed by atoms with E-state index in [-0.39, 0.29) is 36.3 Å². The van der Waals surface area contributed by atoms with Crippen LogP contribution < -0.4 is 0 Å². The molecule has 1 heterocycles. The fourth-order valence-corrected chi connectivity index (χ4v) is 6.32. The quantitative estimate of drug-likeness (QED) is 0.613. The van der Waals surface area contributed by atoms with Crippen LogP contribution in [0.15, 0.2) is 42.5 Å². The minimum absolute atomic E-state index is 0.00373. The molecular formula is C26H34N2O5S. The van der Waals surface area contributed by atoms with Crippen LogP contribution in [0.2, 0.25) is 0 Å². The summed E-state index contributed by atoms with van der Waals surface area (Å²) in [4.78, 5) is 29.7. The van der Waals surface area contributed by atoms with E-state index in [0.29, 0.717) is 18.7 Å². The molecule has 2 aromatic carbocycles. The Morgan fingerprint density at radius 2 is 1.74 bits per heavy atom. The van der Waals surface area contributed by atoms with Crippen molar-refractivity contribution < 1.29 is 22.7 Å². The van der Waals surface area contributed by atoms with Gasteiger partial charge in [0.05, 0.1) is 17.5 Å². The molecule has 0 radical (unpaired) electrons. The zero-order valence-electron chi connectivity index (χ0n) is 20.2. The van der Waals surface area contributed by atoms with E-state index >= 15 is 0 Å². The number of rotatable bonds is 6. The minimum Gasteiger partial charge on any atom is -0.444 e. The van der Waals surface area contributed by atoms with Gasteiger partial charge >= 0.3 is 6.09 Å².